The van der Waals surface area contributed by atoms with Gasteiger partial charge in [-0.2, -0.15) is 0 Å². The number of carbonyl (C=O) groups excluding carboxylic acids is 1. The van der Waals surface area contributed by atoms with Gasteiger partial charge in [0.15, 0.2) is 12.1 Å². The van der Waals surface area contributed by atoms with Crippen molar-refractivity contribution in [2.75, 3.05) is 0 Å². The van der Waals surface area contributed by atoms with Gasteiger partial charge in [0.25, 0.3) is 0 Å². The van der Waals surface area contributed by atoms with E-state index in [4.69, 9.17) is 0 Å². The number of hydrogen-bond acceptors (Lipinski definition) is 5. The number of aromatic nitrogens is 2. The Hall–Kier alpha value is -2.35. The van der Waals surface area contributed by atoms with Crippen molar-refractivity contribution in [2.45, 2.75) is 31.2 Å². The quantitative estimate of drug-likeness (QED) is 0.575. The third-order valence-electron chi connectivity index (χ3n) is 3.65. The van der Waals surface area contributed by atoms with Crippen molar-refractivity contribution in [3.63, 3.8) is 0 Å². The lowest BCUT2D eigenvalue weighted by molar-refractivity contribution is -0.274. The fourth-order valence-corrected chi connectivity index (χ4v) is 3.44. The zero-order chi connectivity index (χ0) is 18.0. The molecule has 0 atom stereocenters. The molecule has 130 valence electrons. The SMILES string of the molecule is CCC1=CSc2nc(C=O)nc(-c3ccc(OC(F)(F)F)cc3)c2C1. The molecule has 0 aliphatic carbocycles. The highest BCUT2D eigenvalue weighted by atomic mass is 32.2. The van der Waals surface area contributed by atoms with Crippen LogP contribution in [0, 0.1) is 0 Å². The Bertz CT molecular complexity index is 833. The lowest BCUT2D eigenvalue weighted by Crippen LogP contribution is -2.17. The maximum absolute atomic E-state index is 12.3. The van der Waals surface area contributed by atoms with E-state index in [2.05, 4.69) is 14.7 Å². The first-order chi connectivity index (χ1) is 11.9. The fraction of sp³-hybridized carbons (Fsp3) is 0.235. The van der Waals surface area contributed by atoms with Crippen LogP contribution in [0.3, 0.4) is 0 Å². The number of carbonyl (C=O) groups is 1. The molecule has 2 heterocycles. The number of halogens is 3. The number of benzene rings is 1. The van der Waals surface area contributed by atoms with Gasteiger partial charge in [-0.15, -0.1) is 13.2 Å². The Morgan fingerprint density at radius 3 is 2.56 bits per heavy atom. The molecule has 0 saturated heterocycles. The van der Waals surface area contributed by atoms with E-state index in [9.17, 15) is 18.0 Å². The predicted octanol–water partition coefficient (Wildman–Crippen LogP) is 4.80. The summed E-state index contributed by atoms with van der Waals surface area (Å²) < 4.78 is 40.7. The van der Waals surface area contributed by atoms with E-state index in [1.165, 1.54) is 41.6 Å². The molecule has 1 aromatic carbocycles. The number of thioether (sulfide) groups is 1. The normalized spacial score (nSPS) is 13.8. The van der Waals surface area contributed by atoms with Gasteiger partial charge in [0.1, 0.15) is 10.8 Å². The number of nitrogens with zero attached hydrogens (tertiary/aromatic N) is 2. The molecule has 0 amide bonds. The van der Waals surface area contributed by atoms with Crippen molar-refractivity contribution >= 4 is 18.0 Å². The summed E-state index contributed by atoms with van der Waals surface area (Å²) in [5.41, 5.74) is 3.24. The maximum atomic E-state index is 12.3. The number of alkyl halides is 3. The minimum atomic E-state index is -4.74. The first-order valence-electron chi connectivity index (χ1n) is 7.46. The van der Waals surface area contributed by atoms with Gasteiger partial charge in [-0.1, -0.05) is 24.3 Å². The van der Waals surface area contributed by atoms with Crippen LogP contribution >= 0.6 is 11.8 Å². The topological polar surface area (TPSA) is 52.1 Å². The van der Waals surface area contributed by atoms with Gasteiger partial charge in [-0.3, -0.25) is 4.79 Å². The summed E-state index contributed by atoms with van der Waals surface area (Å²) in [5.74, 6) is -0.261. The molecule has 0 N–H and O–H groups in total. The Labute approximate surface area is 146 Å². The molecule has 0 unspecified atom stereocenters. The van der Waals surface area contributed by atoms with E-state index >= 15 is 0 Å². The first-order valence-corrected chi connectivity index (χ1v) is 8.34. The van der Waals surface area contributed by atoms with E-state index in [1.807, 2.05) is 12.3 Å². The molecule has 0 fully saturated rings. The highest BCUT2D eigenvalue weighted by Gasteiger charge is 2.31. The summed E-state index contributed by atoms with van der Waals surface area (Å²) in [5, 5.41) is 2.70. The van der Waals surface area contributed by atoms with E-state index in [0.29, 0.717) is 29.0 Å². The van der Waals surface area contributed by atoms with Gasteiger partial charge in [0.05, 0.1) is 5.69 Å². The average Bonchev–Trinajstić information content (AvgIpc) is 2.59. The van der Waals surface area contributed by atoms with Crippen LogP contribution in [-0.2, 0) is 6.42 Å². The summed E-state index contributed by atoms with van der Waals surface area (Å²) in [6.07, 6.45) is -2.66. The highest BCUT2D eigenvalue weighted by Crippen LogP contribution is 2.37. The second kappa shape index (κ2) is 6.87. The second-order valence-corrected chi connectivity index (χ2v) is 6.19. The lowest BCUT2D eigenvalue weighted by atomic mass is 10.00. The predicted molar refractivity (Wildman–Crippen MR) is 87.5 cm³/mol. The number of ether oxygens (including phenoxy) is 1. The zero-order valence-corrected chi connectivity index (χ0v) is 13.9. The van der Waals surface area contributed by atoms with Gasteiger partial charge >= 0.3 is 6.36 Å². The van der Waals surface area contributed by atoms with E-state index < -0.39 is 6.36 Å². The van der Waals surface area contributed by atoms with E-state index in [-0.39, 0.29) is 11.6 Å². The van der Waals surface area contributed by atoms with Crippen LogP contribution in [0.25, 0.3) is 11.3 Å². The summed E-state index contributed by atoms with van der Waals surface area (Å²) in [7, 11) is 0. The Morgan fingerprint density at radius 2 is 1.96 bits per heavy atom. The molecule has 0 bridgehead atoms. The maximum Gasteiger partial charge on any atom is 0.573 e. The molecular formula is C17H13F3N2O2S. The molecule has 25 heavy (non-hydrogen) atoms. The van der Waals surface area contributed by atoms with Crippen molar-refractivity contribution in [1.82, 2.24) is 9.97 Å². The monoisotopic (exact) mass is 366 g/mol. The van der Waals surface area contributed by atoms with Crippen molar-refractivity contribution < 1.29 is 22.7 Å². The van der Waals surface area contributed by atoms with Crippen LogP contribution in [0.15, 0.2) is 40.3 Å². The zero-order valence-electron chi connectivity index (χ0n) is 13.1. The largest absolute Gasteiger partial charge is 0.573 e. The van der Waals surface area contributed by atoms with Crippen LogP contribution in [0.5, 0.6) is 5.75 Å². The Kier molecular flexibility index (Phi) is 4.80. The molecule has 0 saturated carbocycles. The minimum absolute atomic E-state index is 0.0465. The van der Waals surface area contributed by atoms with Crippen LogP contribution in [0.1, 0.15) is 29.5 Å². The molecule has 3 rings (SSSR count). The van der Waals surface area contributed by atoms with E-state index in [1.54, 1.807) is 0 Å². The second-order valence-electron chi connectivity index (χ2n) is 5.33. The smallest absolute Gasteiger partial charge is 0.406 e. The Morgan fingerprint density at radius 1 is 1.24 bits per heavy atom. The van der Waals surface area contributed by atoms with Crippen molar-refractivity contribution in [3.05, 3.63) is 46.6 Å². The van der Waals surface area contributed by atoms with E-state index in [0.717, 1.165) is 12.0 Å². The molecular weight excluding hydrogens is 353 g/mol. The van der Waals surface area contributed by atoms with Gasteiger partial charge in [0.2, 0.25) is 0 Å². The number of hydrogen-bond donors (Lipinski definition) is 0. The molecule has 8 heteroatoms. The molecule has 0 radical (unpaired) electrons. The number of allylic oxidation sites excluding steroid dienone is 1. The standard InChI is InChI=1S/C17H13F3N2O2S/c1-2-10-7-13-15(21-14(8-23)22-16(13)25-9-10)11-3-5-12(6-4-11)24-17(18,19)20/h3-6,8-9H,2,7H2,1H3. The summed E-state index contributed by atoms with van der Waals surface area (Å²) >= 11 is 1.43. The number of rotatable bonds is 4. The molecule has 1 aliphatic rings. The molecule has 4 nitrogen and oxygen atoms in total. The number of fused-ring (bicyclic) bond motifs is 1. The fourth-order valence-electron chi connectivity index (χ4n) is 2.46. The van der Waals surface area contributed by atoms with Crippen molar-refractivity contribution in [1.29, 1.82) is 0 Å². The van der Waals surface area contributed by atoms with Gasteiger partial charge < -0.3 is 4.74 Å². The van der Waals surface area contributed by atoms with Crippen LogP contribution in [0.2, 0.25) is 0 Å². The summed E-state index contributed by atoms with van der Waals surface area (Å²) in [6, 6.07) is 5.44. The Balaban J connectivity index is 2.01. The molecule has 1 aromatic heterocycles. The number of aldehydes is 1. The van der Waals surface area contributed by atoms with Gasteiger partial charge in [-0.25, -0.2) is 9.97 Å². The van der Waals surface area contributed by atoms with Gasteiger partial charge in [-0.05, 0) is 42.5 Å². The summed E-state index contributed by atoms with van der Waals surface area (Å²) in [6.45, 7) is 2.04. The lowest BCUT2D eigenvalue weighted by Gasteiger charge is -2.18. The average molecular weight is 366 g/mol. The molecule has 1 aliphatic heterocycles. The molecule has 2 aromatic rings. The van der Waals surface area contributed by atoms with Crippen LogP contribution in [-0.4, -0.2) is 22.6 Å². The van der Waals surface area contributed by atoms with Crippen LogP contribution in [0.4, 0.5) is 13.2 Å². The van der Waals surface area contributed by atoms with Crippen LogP contribution < -0.4 is 4.74 Å². The molecule has 0 spiro atoms. The minimum Gasteiger partial charge on any atom is -0.406 e. The first kappa shape index (κ1) is 17.5. The third kappa shape index (κ3) is 4.01. The highest BCUT2D eigenvalue weighted by molar-refractivity contribution is 8.02. The summed E-state index contributed by atoms with van der Waals surface area (Å²) in [4.78, 5) is 19.6. The third-order valence-corrected chi connectivity index (χ3v) is 4.66. The van der Waals surface area contributed by atoms with Crippen molar-refractivity contribution in [2.24, 2.45) is 0 Å². The van der Waals surface area contributed by atoms with Crippen molar-refractivity contribution in [3.8, 4) is 17.0 Å². The van der Waals surface area contributed by atoms with Gasteiger partial charge in [0, 0.05) is 11.1 Å².